The van der Waals surface area contributed by atoms with Crippen LogP contribution in [0.2, 0.25) is 0 Å². The van der Waals surface area contributed by atoms with E-state index in [4.69, 9.17) is 9.47 Å². The van der Waals surface area contributed by atoms with Gasteiger partial charge in [0.05, 0.1) is 31.7 Å². The van der Waals surface area contributed by atoms with Crippen molar-refractivity contribution in [3.8, 4) is 5.88 Å². The summed E-state index contributed by atoms with van der Waals surface area (Å²) in [5, 5.41) is 4.39. The number of esters is 1. The van der Waals surface area contributed by atoms with Gasteiger partial charge < -0.3 is 9.47 Å². The molecule has 5 nitrogen and oxygen atoms in total. The molecule has 0 aliphatic carbocycles. The number of aromatic nitrogens is 2. The fourth-order valence-electron chi connectivity index (χ4n) is 2.59. The molecule has 0 N–H and O–H groups in total. The molecular formula is C20H25F3N2O3. The molecule has 0 bridgehead atoms. The van der Waals surface area contributed by atoms with Crippen molar-refractivity contribution in [2.45, 2.75) is 52.3 Å². The molecule has 1 aromatic carbocycles. The zero-order chi connectivity index (χ0) is 20.6. The Kier molecular flexibility index (Phi) is 7.90. The number of nitrogens with zero attached hydrogens (tertiary/aromatic N) is 2. The molecule has 8 heteroatoms. The third-order valence-corrected chi connectivity index (χ3v) is 4.09. The third kappa shape index (κ3) is 6.58. The average Bonchev–Trinajstić information content (AvgIpc) is 3.02. The first-order valence-electron chi connectivity index (χ1n) is 9.34. The number of alkyl halides is 3. The van der Waals surface area contributed by atoms with Gasteiger partial charge in [0.15, 0.2) is 0 Å². The fraction of sp³-hybridized carbons (Fsp3) is 0.500. The number of hydrogen-bond donors (Lipinski definition) is 0. The first-order valence-corrected chi connectivity index (χ1v) is 9.34. The number of ether oxygens (including phenoxy) is 2. The lowest BCUT2D eigenvalue weighted by Gasteiger charge is -2.10. The van der Waals surface area contributed by atoms with Crippen molar-refractivity contribution >= 4 is 5.97 Å². The molecule has 0 saturated carbocycles. The van der Waals surface area contributed by atoms with Gasteiger partial charge in [0.25, 0.3) is 0 Å². The maximum Gasteiger partial charge on any atom is 0.416 e. The molecule has 0 aliphatic rings. The van der Waals surface area contributed by atoms with Crippen molar-refractivity contribution in [3.05, 3.63) is 47.2 Å². The smallest absolute Gasteiger partial charge is 0.416 e. The van der Waals surface area contributed by atoms with E-state index in [2.05, 4.69) is 12.0 Å². The highest BCUT2D eigenvalue weighted by atomic mass is 19.4. The molecule has 154 valence electrons. The van der Waals surface area contributed by atoms with Crippen LogP contribution < -0.4 is 4.74 Å². The van der Waals surface area contributed by atoms with Gasteiger partial charge in [-0.1, -0.05) is 25.5 Å². The molecular weight excluding hydrogens is 373 g/mol. The predicted molar refractivity (Wildman–Crippen MR) is 98.1 cm³/mol. The van der Waals surface area contributed by atoms with E-state index in [0.29, 0.717) is 31.1 Å². The lowest BCUT2D eigenvalue weighted by atomic mass is 10.1. The molecule has 0 spiro atoms. The minimum absolute atomic E-state index is 0.195. The second-order valence-corrected chi connectivity index (χ2v) is 6.33. The quantitative estimate of drug-likeness (QED) is 0.433. The third-order valence-electron chi connectivity index (χ3n) is 4.09. The fourth-order valence-corrected chi connectivity index (χ4v) is 2.59. The second kappa shape index (κ2) is 10.1. The monoisotopic (exact) mass is 398 g/mol. The van der Waals surface area contributed by atoms with Gasteiger partial charge in [-0.05, 0) is 37.5 Å². The van der Waals surface area contributed by atoms with Crippen LogP contribution in [-0.2, 0) is 28.7 Å². The molecule has 0 atom stereocenters. The van der Waals surface area contributed by atoms with Crippen LogP contribution in [0.3, 0.4) is 0 Å². The number of rotatable bonds is 10. The van der Waals surface area contributed by atoms with E-state index in [9.17, 15) is 18.0 Å². The summed E-state index contributed by atoms with van der Waals surface area (Å²) < 4.78 is 50.4. The van der Waals surface area contributed by atoms with Gasteiger partial charge in [0, 0.05) is 11.8 Å². The first kappa shape index (κ1) is 21.8. The SMILES string of the molecule is CCCCOc1cc(CCC(=O)OCC)n(Cc2ccc(C(F)(F)F)cc2)n1. The largest absolute Gasteiger partial charge is 0.477 e. The highest BCUT2D eigenvalue weighted by molar-refractivity contribution is 5.69. The van der Waals surface area contributed by atoms with E-state index >= 15 is 0 Å². The standard InChI is InChI=1S/C20H25F3N2O3/c1-3-5-12-28-18-13-17(10-11-19(26)27-4-2)25(24-18)14-15-6-8-16(9-7-15)20(21,22)23/h6-9,13H,3-5,10-12,14H2,1-2H3. The predicted octanol–water partition coefficient (Wildman–Crippen LogP) is 4.62. The van der Waals surface area contributed by atoms with Crippen molar-refractivity contribution < 1.29 is 27.4 Å². The highest BCUT2D eigenvalue weighted by Crippen LogP contribution is 2.29. The zero-order valence-electron chi connectivity index (χ0n) is 16.1. The number of carbonyl (C=O) groups is 1. The first-order chi connectivity index (χ1) is 13.3. The van der Waals surface area contributed by atoms with Crippen molar-refractivity contribution in [1.82, 2.24) is 9.78 Å². The number of benzene rings is 1. The molecule has 28 heavy (non-hydrogen) atoms. The Morgan fingerprint density at radius 2 is 1.89 bits per heavy atom. The Bertz CT molecular complexity index is 755. The molecule has 0 unspecified atom stereocenters. The highest BCUT2D eigenvalue weighted by Gasteiger charge is 2.29. The summed E-state index contributed by atoms with van der Waals surface area (Å²) in [7, 11) is 0. The van der Waals surface area contributed by atoms with Crippen LogP contribution in [0.25, 0.3) is 0 Å². The molecule has 0 fully saturated rings. The summed E-state index contributed by atoms with van der Waals surface area (Å²) >= 11 is 0. The number of unbranched alkanes of at least 4 members (excludes halogenated alkanes) is 1. The van der Waals surface area contributed by atoms with Gasteiger partial charge in [0.2, 0.25) is 5.88 Å². The summed E-state index contributed by atoms with van der Waals surface area (Å²) in [5.41, 5.74) is 0.746. The summed E-state index contributed by atoms with van der Waals surface area (Å²) in [6.07, 6.45) is -1.88. The normalized spacial score (nSPS) is 11.5. The summed E-state index contributed by atoms with van der Waals surface area (Å²) in [6, 6.07) is 6.72. The topological polar surface area (TPSA) is 53.4 Å². The lowest BCUT2D eigenvalue weighted by molar-refractivity contribution is -0.143. The van der Waals surface area contributed by atoms with E-state index in [1.807, 2.05) is 0 Å². The molecule has 0 aliphatic heterocycles. The van der Waals surface area contributed by atoms with Crippen LogP contribution >= 0.6 is 0 Å². The van der Waals surface area contributed by atoms with Crippen LogP contribution in [0.15, 0.2) is 30.3 Å². The van der Waals surface area contributed by atoms with E-state index in [1.165, 1.54) is 12.1 Å². The van der Waals surface area contributed by atoms with Crippen LogP contribution in [0.1, 0.15) is 49.9 Å². The minimum Gasteiger partial charge on any atom is -0.477 e. The summed E-state index contributed by atoms with van der Waals surface area (Å²) in [6.45, 7) is 4.93. The Morgan fingerprint density at radius 3 is 2.50 bits per heavy atom. The summed E-state index contributed by atoms with van der Waals surface area (Å²) in [4.78, 5) is 11.6. The molecule has 0 amide bonds. The maximum absolute atomic E-state index is 12.7. The van der Waals surface area contributed by atoms with Crippen LogP contribution in [0, 0.1) is 0 Å². The van der Waals surface area contributed by atoms with E-state index in [1.54, 1.807) is 17.7 Å². The van der Waals surface area contributed by atoms with Crippen molar-refractivity contribution in [2.24, 2.45) is 0 Å². The Morgan fingerprint density at radius 1 is 1.18 bits per heavy atom. The average molecular weight is 398 g/mol. The Hall–Kier alpha value is -2.51. The van der Waals surface area contributed by atoms with Crippen molar-refractivity contribution in [1.29, 1.82) is 0 Å². The van der Waals surface area contributed by atoms with Crippen molar-refractivity contribution in [3.63, 3.8) is 0 Å². The Balaban J connectivity index is 2.13. The van der Waals surface area contributed by atoms with Gasteiger partial charge >= 0.3 is 12.1 Å². The lowest BCUT2D eigenvalue weighted by Crippen LogP contribution is -2.11. The maximum atomic E-state index is 12.7. The molecule has 0 radical (unpaired) electrons. The molecule has 0 saturated heterocycles. The number of aryl methyl sites for hydroxylation is 1. The Labute approximate surface area is 162 Å². The number of hydrogen-bond acceptors (Lipinski definition) is 4. The molecule has 1 aromatic heterocycles. The van der Waals surface area contributed by atoms with Crippen LogP contribution in [-0.4, -0.2) is 29.0 Å². The molecule has 1 heterocycles. The van der Waals surface area contributed by atoms with Crippen LogP contribution in [0.5, 0.6) is 5.88 Å². The number of carbonyl (C=O) groups excluding carboxylic acids is 1. The van der Waals surface area contributed by atoms with Gasteiger partial charge in [-0.3, -0.25) is 9.48 Å². The second-order valence-electron chi connectivity index (χ2n) is 6.33. The zero-order valence-corrected chi connectivity index (χ0v) is 16.1. The van der Waals surface area contributed by atoms with Crippen molar-refractivity contribution in [2.75, 3.05) is 13.2 Å². The summed E-state index contributed by atoms with van der Waals surface area (Å²) in [5.74, 6) is 0.137. The molecule has 2 rings (SSSR count). The minimum atomic E-state index is -4.37. The number of halogens is 3. The van der Waals surface area contributed by atoms with Crippen LogP contribution in [0.4, 0.5) is 13.2 Å². The van der Waals surface area contributed by atoms with E-state index in [0.717, 1.165) is 30.7 Å². The van der Waals surface area contributed by atoms with Gasteiger partial charge in [-0.25, -0.2) is 0 Å². The van der Waals surface area contributed by atoms with Gasteiger partial charge in [-0.2, -0.15) is 13.2 Å². The van der Waals surface area contributed by atoms with E-state index in [-0.39, 0.29) is 18.9 Å². The van der Waals surface area contributed by atoms with Gasteiger partial charge in [-0.15, -0.1) is 5.10 Å². The molecule has 2 aromatic rings. The van der Waals surface area contributed by atoms with E-state index < -0.39 is 11.7 Å². The van der Waals surface area contributed by atoms with Gasteiger partial charge in [0.1, 0.15) is 0 Å².